The number of likely N-dealkylation sites (tertiary alicyclic amines) is 2. The van der Waals surface area contributed by atoms with Gasteiger partial charge >= 0.3 is 12.2 Å². The largest absolute Gasteiger partial charge is 0.486 e. The minimum atomic E-state index is -1.13. The first-order chi connectivity index (χ1) is 32.8. The highest BCUT2D eigenvalue weighted by atomic mass is 16.7. The fourth-order valence-corrected chi connectivity index (χ4v) is 10.8. The number of rotatable bonds is 13. The minimum Gasteiger partial charge on any atom is -0.486 e. The molecule has 3 aromatic carbocycles. The van der Waals surface area contributed by atoms with Crippen LogP contribution in [0.3, 0.4) is 0 Å². The van der Waals surface area contributed by atoms with Crippen molar-refractivity contribution in [3.63, 3.8) is 0 Å². The molecule has 18 nitrogen and oxygen atoms in total. The molecule has 4 fully saturated rings. The van der Waals surface area contributed by atoms with Gasteiger partial charge in [0.15, 0.2) is 0 Å². The summed E-state index contributed by atoms with van der Waals surface area (Å²) in [4.78, 5) is 76.5. The number of carbonyl (C=O) groups excluding carboxylic acids is 3. The van der Waals surface area contributed by atoms with Crippen molar-refractivity contribution in [3.8, 4) is 5.75 Å². The SMILES string of the molecule is COC(=O)N[C@H](C(=O)N1CCC[C@H]1c1nc2cc([C@H]3CC[C@H](c4ccc5[nH]c([C@@H]6CCCN6C(=O)[C@H](C(C)C)N(C)C(=O)O)nc5c4)N3c3ccc(OC4COCOC4)cc3)ccc2[nH]1)C(C)C. The van der Waals surface area contributed by atoms with Gasteiger partial charge in [0, 0.05) is 25.8 Å². The second-order valence-electron chi connectivity index (χ2n) is 19.2. The summed E-state index contributed by atoms with van der Waals surface area (Å²) in [6.07, 6.45) is 2.85. The number of methoxy groups -OCH3 is 1. The zero-order valence-corrected chi connectivity index (χ0v) is 39.6. The maximum atomic E-state index is 14.0. The lowest BCUT2D eigenvalue weighted by Gasteiger charge is -2.33. The van der Waals surface area contributed by atoms with E-state index in [4.69, 9.17) is 28.9 Å². The van der Waals surface area contributed by atoms with E-state index in [1.807, 2.05) is 44.7 Å². The number of carboxylic acid groups (broad SMARTS) is 1. The van der Waals surface area contributed by atoms with Gasteiger partial charge in [-0.1, -0.05) is 39.8 Å². The average molecular weight is 934 g/mol. The van der Waals surface area contributed by atoms with Crippen LogP contribution in [0.25, 0.3) is 22.1 Å². The number of aromatic amines is 2. The maximum absolute atomic E-state index is 14.0. The van der Waals surface area contributed by atoms with Crippen molar-refractivity contribution in [3.05, 3.63) is 83.4 Å². The number of nitrogens with one attached hydrogen (secondary N) is 3. The van der Waals surface area contributed by atoms with Crippen LogP contribution in [-0.2, 0) is 23.8 Å². The summed E-state index contributed by atoms with van der Waals surface area (Å²) in [5.74, 6) is 1.45. The summed E-state index contributed by atoms with van der Waals surface area (Å²) in [7, 11) is 2.75. The monoisotopic (exact) mass is 933 g/mol. The zero-order valence-electron chi connectivity index (χ0n) is 39.6. The van der Waals surface area contributed by atoms with E-state index in [0.717, 1.165) is 93.9 Å². The molecular weight excluding hydrogens is 871 g/mol. The van der Waals surface area contributed by atoms with E-state index in [9.17, 15) is 24.3 Å². The normalized spacial score (nSPS) is 22.1. The Hall–Kier alpha value is -6.40. The van der Waals surface area contributed by atoms with Gasteiger partial charge in [0.25, 0.3) is 0 Å². The number of hydrogen-bond acceptors (Lipinski definition) is 11. The predicted octanol–water partition coefficient (Wildman–Crippen LogP) is 7.62. The number of ether oxygens (including phenoxy) is 4. The lowest BCUT2D eigenvalue weighted by molar-refractivity contribution is -0.143. The molecule has 0 spiro atoms. The number of carbonyl (C=O) groups is 4. The number of H-pyrrole nitrogens is 2. The third kappa shape index (κ3) is 9.27. The van der Waals surface area contributed by atoms with Gasteiger partial charge < -0.3 is 54.0 Å². The highest BCUT2D eigenvalue weighted by Gasteiger charge is 2.41. The molecule has 4 N–H and O–H groups in total. The molecule has 6 atom stereocenters. The van der Waals surface area contributed by atoms with Crippen LogP contribution in [0.2, 0.25) is 0 Å². The van der Waals surface area contributed by atoms with Crippen molar-refractivity contribution >= 4 is 51.8 Å². The van der Waals surface area contributed by atoms with E-state index in [2.05, 4.69) is 68.7 Å². The van der Waals surface area contributed by atoms with Gasteiger partial charge in [-0.25, -0.2) is 19.6 Å². The average Bonchev–Trinajstić information content (AvgIpc) is 4.19. The maximum Gasteiger partial charge on any atom is 0.407 e. The Morgan fingerprint density at radius 3 is 1.79 bits per heavy atom. The number of benzene rings is 3. The van der Waals surface area contributed by atoms with E-state index in [-0.39, 0.29) is 60.7 Å². The van der Waals surface area contributed by atoms with Gasteiger partial charge in [-0.05, 0) is 110 Å². The third-order valence-corrected chi connectivity index (χ3v) is 14.1. The number of aromatic nitrogens is 4. The number of anilines is 1. The highest BCUT2D eigenvalue weighted by molar-refractivity contribution is 5.87. The summed E-state index contributed by atoms with van der Waals surface area (Å²) in [5.41, 5.74) is 6.60. The zero-order chi connectivity index (χ0) is 47.8. The summed E-state index contributed by atoms with van der Waals surface area (Å²) < 4.78 is 22.0. The summed E-state index contributed by atoms with van der Waals surface area (Å²) in [6, 6.07) is 18.8. The molecule has 0 saturated carbocycles. The fourth-order valence-electron chi connectivity index (χ4n) is 10.8. The fraction of sp³-hybridized carbons (Fsp3) is 0.520. The Morgan fingerprint density at radius 2 is 1.29 bits per heavy atom. The summed E-state index contributed by atoms with van der Waals surface area (Å²) >= 11 is 0. The molecule has 0 unspecified atom stereocenters. The molecular formula is C50H63N9O9. The molecule has 6 heterocycles. The number of hydrogen-bond donors (Lipinski definition) is 4. The van der Waals surface area contributed by atoms with E-state index in [1.54, 1.807) is 4.90 Å². The van der Waals surface area contributed by atoms with E-state index in [1.165, 1.54) is 14.2 Å². The Morgan fingerprint density at radius 1 is 0.750 bits per heavy atom. The second kappa shape index (κ2) is 19.7. The van der Waals surface area contributed by atoms with Crippen LogP contribution < -0.4 is 15.0 Å². The lowest BCUT2D eigenvalue weighted by atomic mass is 10.0. The minimum absolute atomic E-state index is 0.0152. The first kappa shape index (κ1) is 46.7. The molecule has 0 aliphatic carbocycles. The van der Waals surface area contributed by atoms with Crippen molar-refractivity contribution in [1.29, 1.82) is 0 Å². The van der Waals surface area contributed by atoms with Crippen molar-refractivity contribution in [2.45, 2.75) is 109 Å². The van der Waals surface area contributed by atoms with Crippen LogP contribution in [0.4, 0.5) is 15.3 Å². The third-order valence-electron chi connectivity index (χ3n) is 14.1. The molecule has 68 heavy (non-hydrogen) atoms. The molecule has 9 rings (SSSR count). The van der Waals surface area contributed by atoms with Crippen molar-refractivity contribution in [2.24, 2.45) is 11.8 Å². The Balaban J connectivity index is 1.01. The molecule has 4 aliphatic heterocycles. The van der Waals surface area contributed by atoms with Crippen LogP contribution in [0.1, 0.15) is 113 Å². The predicted molar refractivity (Wildman–Crippen MR) is 253 cm³/mol. The standard InChI is InChI=1S/C50H63N9O9/c1-28(2)43(55-49(62)65-6)47(60)57-21-7-9-41(57)45-51-35-17-11-30(23-37(35)53-45)39-19-20-40(59(39)32-13-15-33(16-14-32)68-34-25-66-27-67-26-34)31-12-18-36-38(24-31)54-46(52-36)42-10-8-22-58(42)48(61)44(29(3)4)56(5)50(63)64/h11-18,23-24,28-29,34,39-44H,7-10,19-22,25-27H2,1-6H3,(H,51,53)(H,52,54)(H,55,62)(H,63,64)/t39-,40-,41+,42+,43+,44+/m1/s1. The van der Waals surface area contributed by atoms with Gasteiger partial charge in [0.05, 0.1) is 66.6 Å². The summed E-state index contributed by atoms with van der Waals surface area (Å²) in [5, 5.41) is 12.5. The van der Waals surface area contributed by atoms with Crippen LogP contribution in [0.5, 0.6) is 5.75 Å². The van der Waals surface area contributed by atoms with E-state index < -0.39 is 24.3 Å². The molecule has 0 bridgehead atoms. The van der Waals surface area contributed by atoms with Gasteiger partial charge in [0.2, 0.25) is 11.8 Å². The summed E-state index contributed by atoms with van der Waals surface area (Å²) in [6.45, 7) is 9.85. The molecule has 18 heteroatoms. The first-order valence-electron chi connectivity index (χ1n) is 23.9. The Kier molecular flexibility index (Phi) is 13.5. The van der Waals surface area contributed by atoms with Crippen molar-refractivity contribution < 1.29 is 43.2 Å². The molecule has 2 aromatic heterocycles. The molecule has 4 aliphatic rings. The van der Waals surface area contributed by atoms with Gasteiger partial charge in [-0.2, -0.15) is 0 Å². The van der Waals surface area contributed by atoms with Crippen LogP contribution >= 0.6 is 0 Å². The van der Waals surface area contributed by atoms with Crippen molar-refractivity contribution in [2.75, 3.05) is 52.2 Å². The number of alkyl carbamates (subject to hydrolysis) is 1. The molecule has 362 valence electrons. The van der Waals surface area contributed by atoms with E-state index >= 15 is 0 Å². The molecule has 5 aromatic rings. The smallest absolute Gasteiger partial charge is 0.407 e. The molecule has 0 radical (unpaired) electrons. The quantitative estimate of drug-likeness (QED) is 0.0900. The van der Waals surface area contributed by atoms with Crippen LogP contribution in [-0.4, -0.2) is 129 Å². The van der Waals surface area contributed by atoms with Gasteiger partial charge in [0.1, 0.15) is 42.4 Å². The number of likely N-dealkylation sites (N-methyl/N-ethyl adjacent to an activating group) is 1. The molecule has 4 saturated heterocycles. The first-order valence-corrected chi connectivity index (χ1v) is 23.9. The lowest BCUT2D eigenvalue weighted by Crippen LogP contribution is -2.51. The highest BCUT2D eigenvalue weighted by Crippen LogP contribution is 2.48. The Labute approximate surface area is 395 Å². The number of fused-ring (bicyclic) bond motifs is 2. The van der Waals surface area contributed by atoms with E-state index in [0.29, 0.717) is 32.1 Å². The van der Waals surface area contributed by atoms with Crippen LogP contribution in [0.15, 0.2) is 60.7 Å². The van der Waals surface area contributed by atoms with Gasteiger partial charge in [-0.3, -0.25) is 14.5 Å². The Bertz CT molecular complexity index is 2630. The second-order valence-corrected chi connectivity index (χ2v) is 19.2. The number of nitrogens with zero attached hydrogens (tertiary/aromatic N) is 6. The number of amides is 4. The number of imidazole rings is 2. The van der Waals surface area contributed by atoms with Crippen LogP contribution in [0, 0.1) is 11.8 Å². The van der Waals surface area contributed by atoms with Crippen molar-refractivity contribution in [1.82, 2.24) is 40.0 Å². The molecule has 4 amide bonds. The topological polar surface area (TPSA) is 208 Å². The van der Waals surface area contributed by atoms with Gasteiger partial charge in [-0.15, -0.1) is 0 Å².